The van der Waals surface area contributed by atoms with Crippen molar-refractivity contribution in [3.05, 3.63) is 168 Å². The Morgan fingerprint density at radius 2 is 0.844 bits per heavy atom. The second-order valence-electron chi connectivity index (χ2n) is 10.9. The lowest BCUT2D eigenvalue weighted by Gasteiger charge is -2.31. The normalized spacial score (nSPS) is 13.5. The highest BCUT2D eigenvalue weighted by molar-refractivity contribution is 7.67. The van der Waals surface area contributed by atoms with Crippen molar-refractivity contribution in [2.75, 3.05) is 9.34 Å². The maximum Gasteiger partial charge on any atom is 0.359 e. The molecule has 0 spiro atoms. The zero-order valence-electron chi connectivity index (χ0n) is 24.1. The summed E-state index contributed by atoms with van der Waals surface area (Å²) >= 11 is 0. The molecule has 1 heterocycles. The molecule has 0 saturated heterocycles. The van der Waals surface area contributed by atoms with Crippen molar-refractivity contribution in [2.24, 2.45) is 4.88 Å². The zero-order chi connectivity index (χ0) is 30.4. The van der Waals surface area contributed by atoms with E-state index in [-0.39, 0.29) is 0 Å². The van der Waals surface area contributed by atoms with Crippen molar-refractivity contribution in [1.82, 2.24) is 0 Å². The van der Waals surface area contributed by atoms with Gasteiger partial charge in [-0.25, -0.2) is 0 Å². The predicted octanol–water partition coefficient (Wildman–Crippen LogP) is 12.0. The largest absolute Gasteiger partial charge is 0.359 e. The Labute approximate surface area is 260 Å². The quantitative estimate of drug-likeness (QED) is 0.0855. The first kappa shape index (κ1) is 26.8. The minimum absolute atomic E-state index is 0.706. The highest BCUT2D eigenvalue weighted by Crippen LogP contribution is 2.73. The molecule has 0 aromatic heterocycles. The summed E-state index contributed by atoms with van der Waals surface area (Å²) in [5, 5.41) is 3.85. The van der Waals surface area contributed by atoms with Crippen LogP contribution >= 0.6 is 7.59 Å². The molecule has 0 atom stereocenters. The van der Waals surface area contributed by atoms with Gasteiger partial charge < -0.3 is 0 Å². The molecule has 0 N–H and O–H groups in total. The van der Waals surface area contributed by atoms with E-state index in [2.05, 4.69) is 70.5 Å². The van der Waals surface area contributed by atoms with Crippen LogP contribution in [0.15, 0.2) is 163 Å². The van der Waals surface area contributed by atoms with E-state index in [0.717, 1.165) is 43.8 Å². The molecule has 0 unspecified atom stereocenters. The predicted molar refractivity (Wildman–Crippen MR) is 186 cm³/mol. The van der Waals surface area contributed by atoms with Crippen molar-refractivity contribution in [1.29, 1.82) is 0 Å². The number of fused-ring (bicyclic) bond motifs is 3. The highest BCUT2D eigenvalue weighted by atomic mass is 31.2. The van der Waals surface area contributed by atoms with E-state index in [1.807, 2.05) is 97.1 Å². The van der Waals surface area contributed by atoms with E-state index in [0.29, 0.717) is 22.7 Å². The molecule has 0 amide bonds. The molecule has 7 aromatic carbocycles. The average molecular weight is 600 g/mol. The van der Waals surface area contributed by atoms with Gasteiger partial charge in [0.05, 0.1) is 22.7 Å². The highest BCUT2D eigenvalue weighted by Gasteiger charge is 2.48. The lowest BCUT2D eigenvalue weighted by Crippen LogP contribution is -2.17. The second kappa shape index (κ2) is 10.7. The molecule has 0 saturated carbocycles. The molecular weight excluding hydrogens is 573 g/mol. The van der Waals surface area contributed by atoms with E-state index in [9.17, 15) is 5.53 Å². The molecule has 1 aliphatic rings. The Morgan fingerprint density at radius 1 is 0.467 bits per heavy atom. The first-order valence-corrected chi connectivity index (χ1v) is 16.3. The first-order chi connectivity index (χ1) is 22.2. The van der Waals surface area contributed by atoms with Gasteiger partial charge in [0.15, 0.2) is 0 Å². The van der Waals surface area contributed by atoms with Crippen LogP contribution in [-0.2, 0) is 4.57 Å². The molecule has 7 heteroatoms. The molecule has 45 heavy (non-hydrogen) atoms. The van der Waals surface area contributed by atoms with Gasteiger partial charge in [-0.3, -0.25) is 13.9 Å². The van der Waals surface area contributed by atoms with Gasteiger partial charge in [0.25, 0.3) is 0 Å². The standard InChI is InChI=1S/C38H26N5OP/c39-40-41-45(44)42(35-25-11-19-29-17-9-21-31(37(29)35)27-13-3-1-4-14-27)33-23-7-8-24-34(33)43(45)36-26-12-20-30-18-10-22-32(38(30)36)28-15-5-2-6-16-28/h1-26H. The second-order valence-corrected chi connectivity index (χ2v) is 12.9. The number of benzene rings is 7. The first-order valence-electron chi connectivity index (χ1n) is 14.7. The average Bonchev–Trinajstić information content (AvgIpc) is 3.35. The molecule has 6 nitrogen and oxygen atoms in total. The van der Waals surface area contributed by atoms with Gasteiger partial charge in [0.2, 0.25) is 0 Å². The maximum absolute atomic E-state index is 15.7. The van der Waals surface area contributed by atoms with Crippen LogP contribution in [0.5, 0.6) is 0 Å². The van der Waals surface area contributed by atoms with E-state index in [4.69, 9.17) is 0 Å². The van der Waals surface area contributed by atoms with E-state index >= 15 is 4.57 Å². The molecule has 7 aromatic rings. The van der Waals surface area contributed by atoms with Crippen LogP contribution in [0.3, 0.4) is 0 Å². The molecule has 8 rings (SSSR count). The Bertz CT molecular complexity index is 2170. The minimum Gasteiger partial charge on any atom is -0.268 e. The van der Waals surface area contributed by atoms with E-state index < -0.39 is 7.59 Å². The van der Waals surface area contributed by atoms with Gasteiger partial charge in [-0.2, -0.15) is 0 Å². The van der Waals surface area contributed by atoms with Crippen LogP contribution in [0.2, 0.25) is 0 Å². The van der Waals surface area contributed by atoms with Crippen molar-refractivity contribution in [2.45, 2.75) is 0 Å². The molecule has 0 aliphatic carbocycles. The summed E-state index contributed by atoms with van der Waals surface area (Å²) in [4.78, 5) is 7.42. The third-order valence-electron chi connectivity index (χ3n) is 8.41. The zero-order valence-corrected chi connectivity index (χ0v) is 25.0. The number of rotatable bonds is 5. The van der Waals surface area contributed by atoms with Crippen LogP contribution in [0, 0.1) is 0 Å². The summed E-state index contributed by atoms with van der Waals surface area (Å²) in [7, 11) is -4.07. The fraction of sp³-hybridized carbons (Fsp3) is 0. The van der Waals surface area contributed by atoms with Crippen molar-refractivity contribution in [3.8, 4) is 22.3 Å². The lowest BCUT2D eigenvalue weighted by molar-refractivity contribution is 0.577. The van der Waals surface area contributed by atoms with Crippen molar-refractivity contribution >= 4 is 51.9 Å². The lowest BCUT2D eigenvalue weighted by atomic mass is 9.96. The Balaban J connectivity index is 1.45. The number of para-hydroxylation sites is 2. The fourth-order valence-corrected chi connectivity index (χ4v) is 8.81. The van der Waals surface area contributed by atoms with Crippen LogP contribution < -0.4 is 9.34 Å². The van der Waals surface area contributed by atoms with Gasteiger partial charge in [-0.15, -0.1) is 0 Å². The molecule has 0 radical (unpaired) electrons. The number of hydrogen-bond donors (Lipinski definition) is 0. The minimum atomic E-state index is -4.07. The smallest absolute Gasteiger partial charge is 0.268 e. The third-order valence-corrected chi connectivity index (χ3v) is 10.6. The van der Waals surface area contributed by atoms with Gasteiger partial charge in [-0.05, 0) is 62.8 Å². The van der Waals surface area contributed by atoms with Gasteiger partial charge in [0.1, 0.15) is 0 Å². The summed E-state index contributed by atoms with van der Waals surface area (Å²) in [6, 6.07) is 52.4. The SMILES string of the molecule is [N-]=[N+]=NP1(=O)N(c2cccc3cccc(-c4ccccc4)c23)c2ccccc2N1c1cccc2cccc(-c3ccccc3)c12. The number of hydrogen-bond acceptors (Lipinski definition) is 1. The van der Waals surface area contributed by atoms with Crippen LogP contribution in [0.1, 0.15) is 0 Å². The summed E-state index contributed by atoms with van der Waals surface area (Å²) in [5.74, 6) is 0. The summed E-state index contributed by atoms with van der Waals surface area (Å²) in [5.41, 5.74) is 16.9. The van der Waals surface area contributed by atoms with Gasteiger partial charge in [0, 0.05) is 20.6 Å². The summed E-state index contributed by atoms with van der Waals surface area (Å²) < 4.78 is 19.3. The number of anilines is 4. The van der Waals surface area contributed by atoms with Crippen LogP contribution in [0.4, 0.5) is 22.7 Å². The van der Waals surface area contributed by atoms with Crippen molar-refractivity contribution < 1.29 is 4.57 Å². The number of nitrogens with zero attached hydrogens (tertiary/aromatic N) is 5. The maximum atomic E-state index is 15.7. The van der Waals surface area contributed by atoms with Crippen LogP contribution in [0.25, 0.3) is 54.2 Å². The molecule has 214 valence electrons. The fourth-order valence-electron chi connectivity index (χ4n) is 6.58. The van der Waals surface area contributed by atoms with Gasteiger partial charge >= 0.3 is 7.59 Å². The topological polar surface area (TPSA) is 72.3 Å². The van der Waals surface area contributed by atoms with E-state index in [1.54, 1.807) is 9.34 Å². The summed E-state index contributed by atoms with van der Waals surface area (Å²) in [6.45, 7) is 0. The molecule has 0 fully saturated rings. The Kier molecular flexibility index (Phi) is 6.39. The third kappa shape index (κ3) is 4.20. The van der Waals surface area contributed by atoms with Crippen molar-refractivity contribution in [3.63, 3.8) is 0 Å². The monoisotopic (exact) mass is 599 g/mol. The Hall–Kier alpha value is -5.80. The molecule has 0 bridgehead atoms. The molecular formula is C38H26N5OP. The summed E-state index contributed by atoms with van der Waals surface area (Å²) in [6.07, 6.45) is 0. The van der Waals surface area contributed by atoms with E-state index in [1.165, 1.54) is 0 Å². The molecule has 1 aliphatic heterocycles. The van der Waals surface area contributed by atoms with Gasteiger partial charge in [-0.1, -0.05) is 133 Å². The Morgan fingerprint density at radius 3 is 1.27 bits per heavy atom. The number of azide groups is 1. The van der Waals surface area contributed by atoms with Crippen LogP contribution in [-0.4, -0.2) is 0 Å².